The van der Waals surface area contributed by atoms with Crippen LogP contribution >= 0.6 is 0 Å². The Balaban J connectivity index is 1.85. The van der Waals surface area contributed by atoms with Crippen LogP contribution in [0.1, 0.15) is 26.7 Å². The summed E-state index contributed by atoms with van der Waals surface area (Å²) in [6.45, 7) is 4.58. The molecule has 108 valence electrons. The molecule has 1 aromatic carbocycles. The number of carbonyl (C=O) groups is 1. The van der Waals surface area contributed by atoms with Crippen molar-refractivity contribution in [2.45, 2.75) is 32.7 Å². The first-order valence-electron chi connectivity index (χ1n) is 6.87. The number of rotatable bonds is 6. The molecule has 0 saturated carbocycles. The first-order valence-corrected chi connectivity index (χ1v) is 6.87. The van der Waals surface area contributed by atoms with Crippen LogP contribution in [0, 0.1) is 0 Å². The monoisotopic (exact) mass is 275 g/mol. The highest BCUT2D eigenvalue weighted by Gasteiger charge is 2.06. The van der Waals surface area contributed by atoms with E-state index in [1.807, 2.05) is 32.0 Å². The number of anilines is 2. The van der Waals surface area contributed by atoms with E-state index in [0.29, 0.717) is 24.6 Å². The summed E-state index contributed by atoms with van der Waals surface area (Å²) in [5.41, 5.74) is 8.14. The van der Waals surface area contributed by atoms with Crippen LogP contribution in [-0.2, 0) is 4.79 Å². The van der Waals surface area contributed by atoms with E-state index in [-0.39, 0.29) is 11.9 Å². The van der Waals surface area contributed by atoms with Gasteiger partial charge in [-0.15, -0.1) is 0 Å². The van der Waals surface area contributed by atoms with Gasteiger partial charge in [-0.2, -0.15) is 0 Å². The van der Waals surface area contributed by atoms with Crippen molar-refractivity contribution in [1.82, 2.24) is 15.3 Å². The van der Waals surface area contributed by atoms with Crippen LogP contribution in [0.15, 0.2) is 18.2 Å². The van der Waals surface area contributed by atoms with E-state index in [1.165, 1.54) is 0 Å². The van der Waals surface area contributed by atoms with Crippen LogP contribution in [0.5, 0.6) is 0 Å². The highest BCUT2D eigenvalue weighted by Crippen LogP contribution is 2.16. The van der Waals surface area contributed by atoms with Gasteiger partial charge in [0.2, 0.25) is 11.9 Å². The van der Waals surface area contributed by atoms with Gasteiger partial charge in [0.1, 0.15) is 0 Å². The Bertz CT molecular complexity index is 592. The molecule has 1 atom stereocenters. The maximum absolute atomic E-state index is 11.6. The van der Waals surface area contributed by atoms with Crippen molar-refractivity contribution < 1.29 is 4.79 Å². The van der Waals surface area contributed by atoms with Gasteiger partial charge in [-0.1, -0.05) is 6.92 Å². The van der Waals surface area contributed by atoms with Crippen molar-refractivity contribution >= 4 is 28.6 Å². The number of nitrogens with two attached hydrogens (primary N) is 1. The number of nitrogens with zero attached hydrogens (tertiary/aromatic N) is 1. The minimum atomic E-state index is 0.0483. The molecule has 0 bridgehead atoms. The van der Waals surface area contributed by atoms with Crippen molar-refractivity contribution in [3.63, 3.8) is 0 Å². The Morgan fingerprint density at radius 3 is 3.05 bits per heavy atom. The number of imidazole rings is 1. The van der Waals surface area contributed by atoms with Crippen LogP contribution in [-0.4, -0.2) is 28.5 Å². The number of H-pyrrole nitrogens is 1. The molecule has 0 radical (unpaired) electrons. The summed E-state index contributed by atoms with van der Waals surface area (Å²) in [6.07, 6.45) is 1.35. The van der Waals surface area contributed by atoms with Gasteiger partial charge in [0.15, 0.2) is 0 Å². The number of aromatic amines is 1. The lowest BCUT2D eigenvalue weighted by molar-refractivity contribution is -0.121. The summed E-state index contributed by atoms with van der Waals surface area (Å²) < 4.78 is 0. The topological polar surface area (TPSA) is 95.8 Å². The van der Waals surface area contributed by atoms with Crippen molar-refractivity contribution in [2.24, 2.45) is 0 Å². The van der Waals surface area contributed by atoms with E-state index < -0.39 is 0 Å². The zero-order valence-corrected chi connectivity index (χ0v) is 11.9. The van der Waals surface area contributed by atoms with Crippen LogP contribution in [0.3, 0.4) is 0 Å². The van der Waals surface area contributed by atoms with Gasteiger partial charge in [0, 0.05) is 24.7 Å². The zero-order valence-electron chi connectivity index (χ0n) is 11.9. The Labute approximate surface area is 118 Å². The van der Waals surface area contributed by atoms with E-state index in [0.717, 1.165) is 17.5 Å². The standard InChI is InChI=1S/C14H21N5O/c1-3-9(2)17-13(20)6-7-16-14-18-11-5-4-10(15)8-12(11)19-14/h4-5,8-9H,3,6-7,15H2,1-2H3,(H,17,20)(H2,16,18,19). The highest BCUT2D eigenvalue weighted by atomic mass is 16.1. The summed E-state index contributed by atoms with van der Waals surface area (Å²) in [5.74, 6) is 0.703. The van der Waals surface area contributed by atoms with E-state index >= 15 is 0 Å². The predicted molar refractivity (Wildman–Crippen MR) is 81.5 cm³/mol. The third kappa shape index (κ3) is 3.63. The summed E-state index contributed by atoms with van der Waals surface area (Å²) in [6, 6.07) is 5.73. The number of aromatic nitrogens is 2. The second kappa shape index (κ2) is 6.27. The number of benzene rings is 1. The fraction of sp³-hybridized carbons (Fsp3) is 0.429. The maximum Gasteiger partial charge on any atom is 0.221 e. The minimum absolute atomic E-state index is 0.0483. The van der Waals surface area contributed by atoms with Crippen molar-refractivity contribution in [3.05, 3.63) is 18.2 Å². The number of nitrogens with one attached hydrogen (secondary N) is 3. The van der Waals surface area contributed by atoms with Gasteiger partial charge in [-0.05, 0) is 31.5 Å². The van der Waals surface area contributed by atoms with Crippen LogP contribution < -0.4 is 16.4 Å². The molecule has 0 aliphatic heterocycles. The van der Waals surface area contributed by atoms with Gasteiger partial charge >= 0.3 is 0 Å². The molecule has 6 nitrogen and oxygen atoms in total. The molecule has 0 spiro atoms. The van der Waals surface area contributed by atoms with E-state index in [4.69, 9.17) is 5.73 Å². The Morgan fingerprint density at radius 1 is 1.50 bits per heavy atom. The Kier molecular flexibility index (Phi) is 4.45. The molecular formula is C14H21N5O. The number of nitrogen functional groups attached to an aromatic ring is 1. The number of fused-ring (bicyclic) bond motifs is 1. The minimum Gasteiger partial charge on any atom is -0.399 e. The second-order valence-electron chi connectivity index (χ2n) is 4.92. The lowest BCUT2D eigenvalue weighted by Crippen LogP contribution is -2.33. The summed E-state index contributed by atoms with van der Waals surface area (Å²) in [5, 5.41) is 6.03. The largest absolute Gasteiger partial charge is 0.399 e. The molecule has 5 N–H and O–H groups in total. The quantitative estimate of drug-likeness (QED) is 0.605. The molecule has 2 aromatic rings. The molecule has 6 heteroatoms. The molecule has 0 aliphatic rings. The van der Waals surface area contributed by atoms with Gasteiger partial charge in [-0.25, -0.2) is 4.98 Å². The second-order valence-corrected chi connectivity index (χ2v) is 4.92. The first-order chi connectivity index (χ1) is 9.58. The van der Waals surface area contributed by atoms with E-state index in [2.05, 4.69) is 20.6 Å². The predicted octanol–water partition coefficient (Wildman–Crippen LogP) is 1.86. The molecule has 0 aliphatic carbocycles. The van der Waals surface area contributed by atoms with E-state index in [9.17, 15) is 4.79 Å². The fourth-order valence-corrected chi connectivity index (χ4v) is 1.85. The molecule has 0 fully saturated rings. The van der Waals surface area contributed by atoms with Crippen LogP contribution in [0.4, 0.5) is 11.6 Å². The number of hydrogen-bond acceptors (Lipinski definition) is 4. The molecular weight excluding hydrogens is 254 g/mol. The van der Waals surface area contributed by atoms with Crippen molar-refractivity contribution in [2.75, 3.05) is 17.6 Å². The summed E-state index contributed by atoms with van der Waals surface area (Å²) in [4.78, 5) is 19.1. The molecule has 1 heterocycles. The molecule has 1 unspecified atom stereocenters. The van der Waals surface area contributed by atoms with Crippen molar-refractivity contribution in [1.29, 1.82) is 0 Å². The highest BCUT2D eigenvalue weighted by molar-refractivity contribution is 5.81. The molecule has 1 aromatic heterocycles. The molecule has 20 heavy (non-hydrogen) atoms. The average molecular weight is 275 g/mol. The van der Waals surface area contributed by atoms with Gasteiger partial charge in [-0.3, -0.25) is 4.79 Å². The van der Waals surface area contributed by atoms with Gasteiger partial charge in [0.05, 0.1) is 11.0 Å². The Hall–Kier alpha value is -2.24. The Morgan fingerprint density at radius 2 is 2.30 bits per heavy atom. The molecule has 1 amide bonds. The maximum atomic E-state index is 11.6. The lowest BCUT2D eigenvalue weighted by Gasteiger charge is -2.11. The van der Waals surface area contributed by atoms with Crippen LogP contribution in [0.2, 0.25) is 0 Å². The van der Waals surface area contributed by atoms with Crippen LogP contribution in [0.25, 0.3) is 11.0 Å². The fourth-order valence-electron chi connectivity index (χ4n) is 1.85. The number of amides is 1. The average Bonchev–Trinajstić information content (AvgIpc) is 2.80. The smallest absolute Gasteiger partial charge is 0.221 e. The van der Waals surface area contributed by atoms with E-state index in [1.54, 1.807) is 0 Å². The third-order valence-corrected chi connectivity index (χ3v) is 3.17. The normalized spacial score (nSPS) is 12.3. The zero-order chi connectivity index (χ0) is 14.5. The third-order valence-electron chi connectivity index (χ3n) is 3.17. The summed E-state index contributed by atoms with van der Waals surface area (Å²) >= 11 is 0. The summed E-state index contributed by atoms with van der Waals surface area (Å²) in [7, 11) is 0. The number of carbonyl (C=O) groups excluding carboxylic acids is 1. The lowest BCUT2D eigenvalue weighted by atomic mass is 10.2. The molecule has 2 rings (SSSR count). The SMILES string of the molecule is CCC(C)NC(=O)CCNc1nc2ccc(N)cc2[nH]1. The molecule has 0 saturated heterocycles. The van der Waals surface area contributed by atoms with Gasteiger partial charge in [0.25, 0.3) is 0 Å². The first kappa shape index (κ1) is 14.2. The number of hydrogen-bond donors (Lipinski definition) is 4. The van der Waals surface area contributed by atoms with Crippen molar-refractivity contribution in [3.8, 4) is 0 Å². The van der Waals surface area contributed by atoms with Gasteiger partial charge < -0.3 is 21.4 Å².